The number of aromatic nitrogens is 2. The maximum absolute atomic E-state index is 12.9. The van der Waals surface area contributed by atoms with E-state index in [1.54, 1.807) is 26.1 Å². The Kier molecular flexibility index (Phi) is 4.19. The number of anilines is 1. The second kappa shape index (κ2) is 6.21. The minimum atomic E-state index is -0.732. The number of esters is 1. The van der Waals surface area contributed by atoms with Crippen LogP contribution in [0, 0.1) is 0 Å². The molecule has 2 N–H and O–H groups in total. The third kappa shape index (κ3) is 2.50. The van der Waals surface area contributed by atoms with Crippen LogP contribution < -0.4 is 16.6 Å². The summed E-state index contributed by atoms with van der Waals surface area (Å²) in [6.45, 7) is 1.69. The molecule has 2 heterocycles. The van der Waals surface area contributed by atoms with E-state index in [4.69, 9.17) is 4.74 Å². The number of aromatic hydroxyl groups is 1. The molecule has 1 aromatic heterocycles. The third-order valence-corrected chi connectivity index (χ3v) is 4.62. The Balaban J connectivity index is 2.41. The van der Waals surface area contributed by atoms with Crippen molar-refractivity contribution in [1.29, 1.82) is 0 Å². The van der Waals surface area contributed by atoms with E-state index < -0.39 is 23.1 Å². The van der Waals surface area contributed by atoms with Crippen molar-refractivity contribution in [3.8, 4) is 5.75 Å². The highest BCUT2D eigenvalue weighted by Gasteiger charge is 2.37. The average molecular weight is 357 g/mol. The summed E-state index contributed by atoms with van der Waals surface area (Å²) in [6, 6.07) is 6.23. The van der Waals surface area contributed by atoms with Crippen molar-refractivity contribution < 1.29 is 14.6 Å². The molecule has 8 nitrogen and oxygen atoms in total. The quantitative estimate of drug-likeness (QED) is 0.771. The van der Waals surface area contributed by atoms with Crippen LogP contribution in [0.3, 0.4) is 0 Å². The Bertz CT molecular complexity index is 1040. The molecule has 0 amide bonds. The molecule has 0 saturated heterocycles. The van der Waals surface area contributed by atoms with E-state index in [1.165, 1.54) is 30.9 Å². The van der Waals surface area contributed by atoms with Gasteiger partial charge in [0.25, 0.3) is 5.56 Å². The first-order chi connectivity index (χ1) is 12.3. The minimum absolute atomic E-state index is 0.0663. The first kappa shape index (κ1) is 17.5. The summed E-state index contributed by atoms with van der Waals surface area (Å²) in [5, 5.41) is 12.6. The number of carbonyl (C=O) groups is 1. The number of ether oxygens (including phenoxy) is 1. The fraction of sp³-hybridized carbons (Fsp3) is 0.278. The molecule has 0 aliphatic carbocycles. The van der Waals surface area contributed by atoms with E-state index in [0.717, 1.165) is 4.57 Å². The number of hydrogen-bond acceptors (Lipinski definition) is 6. The largest absolute Gasteiger partial charge is 0.508 e. The van der Waals surface area contributed by atoms with Crippen molar-refractivity contribution in [2.24, 2.45) is 14.1 Å². The molecular weight excluding hydrogens is 338 g/mol. The molecule has 0 saturated carbocycles. The lowest BCUT2D eigenvalue weighted by Gasteiger charge is -2.30. The van der Waals surface area contributed by atoms with Crippen LogP contribution in [-0.2, 0) is 23.6 Å². The van der Waals surface area contributed by atoms with Gasteiger partial charge in [0.2, 0.25) is 0 Å². The van der Waals surface area contributed by atoms with Crippen LogP contribution in [0.2, 0.25) is 0 Å². The first-order valence-electron chi connectivity index (χ1n) is 7.92. The maximum Gasteiger partial charge on any atom is 0.336 e. The Morgan fingerprint density at radius 1 is 1.15 bits per heavy atom. The normalized spacial score (nSPS) is 16.1. The van der Waals surface area contributed by atoms with Gasteiger partial charge in [-0.1, -0.05) is 12.1 Å². The fourth-order valence-corrected chi connectivity index (χ4v) is 3.27. The fourth-order valence-electron chi connectivity index (χ4n) is 3.27. The number of carbonyl (C=O) groups excluding carboxylic acids is 1. The number of nitrogens with one attached hydrogen (secondary N) is 1. The van der Waals surface area contributed by atoms with Gasteiger partial charge in [0.15, 0.2) is 0 Å². The maximum atomic E-state index is 12.9. The third-order valence-electron chi connectivity index (χ3n) is 4.62. The van der Waals surface area contributed by atoms with Gasteiger partial charge >= 0.3 is 11.7 Å². The van der Waals surface area contributed by atoms with Crippen LogP contribution in [0.4, 0.5) is 5.82 Å². The predicted molar refractivity (Wildman–Crippen MR) is 95.2 cm³/mol. The molecule has 3 rings (SSSR count). The van der Waals surface area contributed by atoms with Gasteiger partial charge in [0, 0.05) is 19.8 Å². The lowest BCUT2D eigenvalue weighted by atomic mass is 9.82. The van der Waals surface area contributed by atoms with Gasteiger partial charge in [0.1, 0.15) is 11.6 Å². The number of phenolic OH excluding ortho intramolecular Hbond substituents is 1. The predicted octanol–water partition coefficient (Wildman–Crippen LogP) is 0.794. The number of fused-ring (bicyclic) bond motifs is 1. The summed E-state index contributed by atoms with van der Waals surface area (Å²) < 4.78 is 7.25. The van der Waals surface area contributed by atoms with E-state index in [2.05, 4.69) is 5.32 Å². The minimum Gasteiger partial charge on any atom is -0.508 e. The second-order valence-corrected chi connectivity index (χ2v) is 6.15. The summed E-state index contributed by atoms with van der Waals surface area (Å²) in [5.41, 5.74) is 0.696. The van der Waals surface area contributed by atoms with Gasteiger partial charge in [-0.05, 0) is 24.6 Å². The molecule has 1 aliphatic rings. The molecule has 8 heteroatoms. The van der Waals surface area contributed by atoms with Crippen LogP contribution in [0.25, 0.3) is 0 Å². The monoisotopic (exact) mass is 357 g/mol. The number of rotatable bonds is 2. The highest BCUT2D eigenvalue weighted by Crippen LogP contribution is 2.40. The van der Waals surface area contributed by atoms with Crippen LogP contribution in [0.1, 0.15) is 24.0 Å². The second-order valence-electron chi connectivity index (χ2n) is 6.15. The summed E-state index contributed by atoms with van der Waals surface area (Å²) in [7, 11) is 4.21. The Morgan fingerprint density at radius 3 is 2.35 bits per heavy atom. The van der Waals surface area contributed by atoms with E-state index in [0.29, 0.717) is 17.1 Å². The number of nitrogens with zero attached hydrogens (tertiary/aromatic N) is 2. The van der Waals surface area contributed by atoms with E-state index in [9.17, 15) is 19.5 Å². The SMILES string of the molecule is COC(=O)C1=C(C)Nc2c(c(=O)n(C)c(=O)n2C)C1c1ccc(O)cc1. The zero-order valence-corrected chi connectivity index (χ0v) is 14.9. The number of allylic oxidation sites excluding steroid dienone is 1. The van der Waals surface area contributed by atoms with Crippen molar-refractivity contribution in [3.63, 3.8) is 0 Å². The van der Waals surface area contributed by atoms with Crippen molar-refractivity contribution in [1.82, 2.24) is 9.13 Å². The molecule has 0 bridgehead atoms. The van der Waals surface area contributed by atoms with Crippen LogP contribution in [0.15, 0.2) is 45.1 Å². The van der Waals surface area contributed by atoms with Crippen LogP contribution in [-0.4, -0.2) is 27.3 Å². The van der Waals surface area contributed by atoms with Gasteiger partial charge in [-0.25, -0.2) is 9.59 Å². The molecule has 2 aromatic rings. The highest BCUT2D eigenvalue weighted by atomic mass is 16.5. The molecule has 26 heavy (non-hydrogen) atoms. The van der Waals surface area contributed by atoms with Crippen molar-refractivity contribution in [3.05, 3.63) is 67.5 Å². The van der Waals surface area contributed by atoms with E-state index in [-0.39, 0.29) is 16.9 Å². The zero-order chi connectivity index (χ0) is 19.2. The summed E-state index contributed by atoms with van der Waals surface area (Å²) in [4.78, 5) is 37.6. The van der Waals surface area contributed by atoms with Crippen molar-refractivity contribution in [2.45, 2.75) is 12.8 Å². The lowest BCUT2D eigenvalue weighted by molar-refractivity contribution is -0.136. The molecule has 0 fully saturated rings. The van der Waals surface area contributed by atoms with Crippen LogP contribution >= 0.6 is 0 Å². The molecule has 1 unspecified atom stereocenters. The molecule has 0 radical (unpaired) electrons. The summed E-state index contributed by atoms with van der Waals surface area (Å²) >= 11 is 0. The number of phenols is 1. The van der Waals surface area contributed by atoms with Crippen LogP contribution in [0.5, 0.6) is 5.75 Å². The molecule has 0 spiro atoms. The number of benzene rings is 1. The standard InChI is InChI=1S/C18H19N3O5/c1-9-12(17(24)26-4)13(10-5-7-11(22)8-6-10)14-15(19-9)20(2)18(25)21(3)16(14)23/h5-8,13,19,22H,1-4H3. The highest BCUT2D eigenvalue weighted by molar-refractivity contribution is 5.94. The van der Waals surface area contributed by atoms with Crippen molar-refractivity contribution in [2.75, 3.05) is 12.4 Å². The van der Waals surface area contributed by atoms with E-state index in [1.807, 2.05) is 0 Å². The molecule has 1 aliphatic heterocycles. The Morgan fingerprint density at radius 2 is 1.77 bits per heavy atom. The van der Waals surface area contributed by atoms with Gasteiger partial charge in [-0.2, -0.15) is 0 Å². The summed E-state index contributed by atoms with van der Waals surface area (Å²) in [6.07, 6.45) is 0. The molecular formula is C18H19N3O5. The Labute approximate surface area is 149 Å². The van der Waals surface area contributed by atoms with Crippen molar-refractivity contribution >= 4 is 11.8 Å². The smallest absolute Gasteiger partial charge is 0.336 e. The summed E-state index contributed by atoms with van der Waals surface area (Å²) in [5.74, 6) is -0.905. The first-order valence-corrected chi connectivity index (χ1v) is 7.92. The molecule has 136 valence electrons. The van der Waals surface area contributed by atoms with Gasteiger partial charge in [-0.3, -0.25) is 13.9 Å². The van der Waals surface area contributed by atoms with E-state index >= 15 is 0 Å². The number of methoxy groups -OCH3 is 1. The number of hydrogen-bond donors (Lipinski definition) is 2. The topological polar surface area (TPSA) is 103 Å². The average Bonchev–Trinajstić information content (AvgIpc) is 2.63. The Hall–Kier alpha value is -3.29. The van der Waals surface area contributed by atoms with Gasteiger partial charge in [-0.15, -0.1) is 0 Å². The molecule has 1 aromatic carbocycles. The van der Waals surface area contributed by atoms with Gasteiger partial charge < -0.3 is 15.2 Å². The molecule has 1 atom stereocenters. The van der Waals surface area contributed by atoms with Gasteiger partial charge in [0.05, 0.1) is 24.2 Å². The zero-order valence-electron chi connectivity index (χ0n) is 14.9. The lowest BCUT2D eigenvalue weighted by Crippen LogP contribution is -2.43.